The highest BCUT2D eigenvalue weighted by molar-refractivity contribution is 4.87. The standard InChI is InChI=1S/C13H26N2/c1-10-5-7-15(9-12(10)3)13-8-14-6-4-11(13)2/h10-14H,4-9H2,1-3H3. The van der Waals surface area contributed by atoms with Crippen LogP contribution in [0.25, 0.3) is 0 Å². The molecule has 2 rings (SSSR count). The molecule has 0 aliphatic carbocycles. The van der Waals surface area contributed by atoms with E-state index in [-0.39, 0.29) is 0 Å². The van der Waals surface area contributed by atoms with Gasteiger partial charge in [-0.05, 0) is 43.7 Å². The minimum atomic E-state index is 0.800. The van der Waals surface area contributed by atoms with Gasteiger partial charge >= 0.3 is 0 Å². The van der Waals surface area contributed by atoms with Crippen LogP contribution < -0.4 is 5.32 Å². The second-order valence-electron chi connectivity index (χ2n) is 5.78. The molecule has 0 spiro atoms. The van der Waals surface area contributed by atoms with Crippen LogP contribution in [0.3, 0.4) is 0 Å². The van der Waals surface area contributed by atoms with Crippen molar-refractivity contribution in [3.63, 3.8) is 0 Å². The number of rotatable bonds is 1. The van der Waals surface area contributed by atoms with Crippen molar-refractivity contribution >= 4 is 0 Å². The molecular weight excluding hydrogens is 184 g/mol. The summed E-state index contributed by atoms with van der Waals surface area (Å²) in [6, 6.07) is 0.800. The Labute approximate surface area is 94.4 Å². The van der Waals surface area contributed by atoms with E-state index in [0.717, 1.165) is 23.8 Å². The summed E-state index contributed by atoms with van der Waals surface area (Å²) in [6.07, 6.45) is 2.75. The number of likely N-dealkylation sites (tertiary alicyclic amines) is 1. The lowest BCUT2D eigenvalue weighted by molar-refractivity contribution is 0.0576. The molecule has 0 aromatic heterocycles. The summed E-state index contributed by atoms with van der Waals surface area (Å²) in [5.74, 6) is 2.69. The van der Waals surface area contributed by atoms with Gasteiger partial charge in [-0.15, -0.1) is 0 Å². The van der Waals surface area contributed by atoms with Gasteiger partial charge in [-0.2, -0.15) is 0 Å². The summed E-state index contributed by atoms with van der Waals surface area (Å²) in [5.41, 5.74) is 0. The predicted molar refractivity (Wildman–Crippen MR) is 65.0 cm³/mol. The second kappa shape index (κ2) is 4.84. The van der Waals surface area contributed by atoms with Crippen LogP contribution in [0.2, 0.25) is 0 Å². The maximum Gasteiger partial charge on any atom is 0.0246 e. The molecule has 0 aromatic rings. The molecule has 88 valence electrons. The zero-order valence-electron chi connectivity index (χ0n) is 10.5. The monoisotopic (exact) mass is 210 g/mol. The fourth-order valence-electron chi connectivity index (χ4n) is 3.06. The SMILES string of the molecule is CC1CCN(C2CNCCC2C)CC1C. The van der Waals surface area contributed by atoms with Gasteiger partial charge in [-0.25, -0.2) is 0 Å². The first-order valence-corrected chi connectivity index (χ1v) is 6.63. The zero-order valence-corrected chi connectivity index (χ0v) is 10.5. The van der Waals surface area contributed by atoms with Crippen molar-refractivity contribution in [3.05, 3.63) is 0 Å². The van der Waals surface area contributed by atoms with Crippen LogP contribution in [0, 0.1) is 17.8 Å². The molecule has 0 aromatic carbocycles. The molecular formula is C13H26N2. The summed E-state index contributed by atoms with van der Waals surface area (Å²) in [6.45, 7) is 12.3. The molecule has 2 fully saturated rings. The first kappa shape index (κ1) is 11.4. The van der Waals surface area contributed by atoms with Gasteiger partial charge in [0.15, 0.2) is 0 Å². The van der Waals surface area contributed by atoms with Gasteiger partial charge in [0.1, 0.15) is 0 Å². The molecule has 0 amide bonds. The lowest BCUT2D eigenvalue weighted by Gasteiger charge is -2.44. The van der Waals surface area contributed by atoms with E-state index in [0.29, 0.717) is 0 Å². The van der Waals surface area contributed by atoms with E-state index in [1.807, 2.05) is 0 Å². The van der Waals surface area contributed by atoms with E-state index in [2.05, 4.69) is 31.0 Å². The van der Waals surface area contributed by atoms with Crippen LogP contribution in [0.5, 0.6) is 0 Å². The third kappa shape index (κ3) is 2.54. The molecule has 2 aliphatic heterocycles. The molecule has 2 aliphatic rings. The smallest absolute Gasteiger partial charge is 0.0246 e. The number of hydrogen-bond donors (Lipinski definition) is 1. The highest BCUT2D eigenvalue weighted by atomic mass is 15.2. The van der Waals surface area contributed by atoms with Crippen LogP contribution >= 0.6 is 0 Å². The van der Waals surface area contributed by atoms with Crippen molar-refractivity contribution in [2.75, 3.05) is 26.2 Å². The number of nitrogens with one attached hydrogen (secondary N) is 1. The number of nitrogens with zero attached hydrogens (tertiary/aromatic N) is 1. The van der Waals surface area contributed by atoms with E-state index in [9.17, 15) is 0 Å². The van der Waals surface area contributed by atoms with E-state index < -0.39 is 0 Å². The zero-order chi connectivity index (χ0) is 10.8. The van der Waals surface area contributed by atoms with Crippen LogP contribution in [-0.2, 0) is 0 Å². The Bertz CT molecular complexity index is 205. The summed E-state index contributed by atoms with van der Waals surface area (Å²) >= 11 is 0. The Balaban J connectivity index is 1.92. The van der Waals surface area contributed by atoms with E-state index >= 15 is 0 Å². The van der Waals surface area contributed by atoms with E-state index in [4.69, 9.17) is 0 Å². The van der Waals surface area contributed by atoms with Gasteiger partial charge in [-0.3, -0.25) is 4.90 Å². The molecule has 15 heavy (non-hydrogen) atoms. The van der Waals surface area contributed by atoms with E-state index in [1.165, 1.54) is 39.0 Å². The fourth-order valence-corrected chi connectivity index (χ4v) is 3.06. The van der Waals surface area contributed by atoms with Crippen LogP contribution in [0.15, 0.2) is 0 Å². The lowest BCUT2D eigenvalue weighted by atomic mass is 9.85. The summed E-state index contributed by atoms with van der Waals surface area (Å²) in [7, 11) is 0. The molecule has 0 radical (unpaired) electrons. The van der Waals surface area contributed by atoms with Crippen molar-refractivity contribution in [1.29, 1.82) is 0 Å². The lowest BCUT2D eigenvalue weighted by Crippen LogP contribution is -2.54. The second-order valence-corrected chi connectivity index (χ2v) is 5.78. The quantitative estimate of drug-likeness (QED) is 0.712. The predicted octanol–water partition coefficient (Wildman–Crippen LogP) is 1.96. The normalized spacial score (nSPS) is 44.2. The molecule has 2 heteroatoms. The van der Waals surface area contributed by atoms with Crippen molar-refractivity contribution < 1.29 is 0 Å². The average Bonchev–Trinajstić information content (AvgIpc) is 2.23. The molecule has 0 bridgehead atoms. The van der Waals surface area contributed by atoms with Crippen molar-refractivity contribution in [2.24, 2.45) is 17.8 Å². The summed E-state index contributed by atoms with van der Waals surface area (Å²) < 4.78 is 0. The molecule has 1 N–H and O–H groups in total. The van der Waals surface area contributed by atoms with Crippen LogP contribution in [0.1, 0.15) is 33.6 Å². The van der Waals surface area contributed by atoms with Crippen molar-refractivity contribution in [2.45, 2.75) is 39.7 Å². The third-order valence-corrected chi connectivity index (χ3v) is 4.62. The number of hydrogen-bond acceptors (Lipinski definition) is 2. The van der Waals surface area contributed by atoms with Crippen molar-refractivity contribution in [3.8, 4) is 0 Å². The molecule has 2 heterocycles. The van der Waals surface area contributed by atoms with Crippen LogP contribution in [0.4, 0.5) is 0 Å². The summed E-state index contributed by atoms with van der Waals surface area (Å²) in [4.78, 5) is 2.74. The fraction of sp³-hybridized carbons (Fsp3) is 1.00. The minimum Gasteiger partial charge on any atom is -0.315 e. The first-order chi connectivity index (χ1) is 7.18. The minimum absolute atomic E-state index is 0.800. The van der Waals surface area contributed by atoms with Gasteiger partial charge in [0.2, 0.25) is 0 Å². The Kier molecular flexibility index (Phi) is 3.68. The Morgan fingerprint density at radius 2 is 1.80 bits per heavy atom. The Hall–Kier alpha value is -0.0800. The van der Waals surface area contributed by atoms with Gasteiger partial charge in [0.25, 0.3) is 0 Å². The maximum atomic E-state index is 3.55. The van der Waals surface area contributed by atoms with Gasteiger partial charge in [0, 0.05) is 19.1 Å². The van der Waals surface area contributed by atoms with Gasteiger partial charge in [-0.1, -0.05) is 20.8 Å². The first-order valence-electron chi connectivity index (χ1n) is 6.63. The topological polar surface area (TPSA) is 15.3 Å². The highest BCUT2D eigenvalue weighted by Crippen LogP contribution is 2.27. The third-order valence-electron chi connectivity index (χ3n) is 4.62. The van der Waals surface area contributed by atoms with Gasteiger partial charge < -0.3 is 5.32 Å². The van der Waals surface area contributed by atoms with Crippen molar-refractivity contribution in [1.82, 2.24) is 10.2 Å². The average molecular weight is 210 g/mol. The maximum absolute atomic E-state index is 3.55. The summed E-state index contributed by atoms with van der Waals surface area (Å²) in [5, 5.41) is 3.55. The van der Waals surface area contributed by atoms with E-state index in [1.54, 1.807) is 0 Å². The molecule has 2 nitrogen and oxygen atoms in total. The Morgan fingerprint density at radius 3 is 2.47 bits per heavy atom. The highest BCUT2D eigenvalue weighted by Gasteiger charge is 2.31. The molecule has 4 atom stereocenters. The van der Waals surface area contributed by atoms with Gasteiger partial charge in [0.05, 0.1) is 0 Å². The Morgan fingerprint density at radius 1 is 1.00 bits per heavy atom. The molecule has 4 unspecified atom stereocenters. The van der Waals surface area contributed by atoms with Crippen LogP contribution in [-0.4, -0.2) is 37.1 Å². The molecule has 0 saturated carbocycles. The number of piperidine rings is 2. The largest absolute Gasteiger partial charge is 0.315 e. The molecule has 2 saturated heterocycles.